The molecule has 2 rings (SSSR count). The van der Waals surface area contributed by atoms with E-state index in [4.69, 9.17) is 16.7 Å². The predicted octanol–water partition coefficient (Wildman–Crippen LogP) is 0.710. The summed E-state index contributed by atoms with van der Waals surface area (Å²) in [5.41, 5.74) is -1.06. The maximum Gasteiger partial charge on any atom is 0.407 e. The summed E-state index contributed by atoms with van der Waals surface area (Å²) in [5.74, 6) is 0. The van der Waals surface area contributed by atoms with Gasteiger partial charge in [0.1, 0.15) is 5.15 Å². The molecule has 0 bridgehead atoms. The van der Waals surface area contributed by atoms with Crippen molar-refractivity contribution in [3.05, 3.63) is 27.4 Å². The molecule has 110 valence electrons. The van der Waals surface area contributed by atoms with Gasteiger partial charge >= 0.3 is 6.09 Å². The van der Waals surface area contributed by atoms with E-state index in [9.17, 15) is 14.7 Å². The lowest BCUT2D eigenvalue weighted by atomic mass is 9.91. The minimum absolute atomic E-state index is 0.0876. The first kappa shape index (κ1) is 14.8. The molecule has 7 nitrogen and oxygen atoms in total. The molecule has 0 spiro atoms. The Morgan fingerprint density at radius 1 is 1.50 bits per heavy atom. The number of nitrogens with zero attached hydrogens (tertiary/aromatic N) is 3. The average Bonchev–Trinajstić information content (AvgIpc) is 2.40. The van der Waals surface area contributed by atoms with E-state index in [1.165, 1.54) is 15.8 Å². The van der Waals surface area contributed by atoms with Crippen LogP contribution in [0.15, 0.2) is 11.1 Å². The monoisotopic (exact) mass is 301 g/mol. The highest BCUT2D eigenvalue weighted by Crippen LogP contribution is 2.23. The van der Waals surface area contributed by atoms with Gasteiger partial charge in [0.25, 0.3) is 5.56 Å². The fourth-order valence-electron chi connectivity index (χ4n) is 2.28. The second-order valence-electron chi connectivity index (χ2n) is 5.09. The zero-order chi connectivity index (χ0) is 14.9. The van der Waals surface area contributed by atoms with Gasteiger partial charge in [0, 0.05) is 13.1 Å². The Morgan fingerprint density at radius 2 is 2.10 bits per heavy atom. The number of aromatic nitrogens is 2. The van der Waals surface area contributed by atoms with Crippen LogP contribution in [0, 0.1) is 6.92 Å². The SMILES string of the molecule is Cc1c(Cl)ncn(CC2(O)CCN(C(=O)O)CC2)c1=O. The molecule has 1 aliphatic rings. The molecule has 1 amide bonds. The first-order chi connectivity index (χ1) is 9.32. The topological polar surface area (TPSA) is 95.7 Å². The fourth-order valence-corrected chi connectivity index (χ4v) is 2.40. The quantitative estimate of drug-likeness (QED) is 0.784. The molecule has 0 unspecified atom stereocenters. The van der Waals surface area contributed by atoms with Crippen molar-refractivity contribution in [2.24, 2.45) is 0 Å². The number of aliphatic hydroxyl groups is 1. The van der Waals surface area contributed by atoms with Gasteiger partial charge < -0.3 is 15.1 Å². The molecular weight excluding hydrogens is 286 g/mol. The van der Waals surface area contributed by atoms with E-state index in [-0.39, 0.29) is 43.2 Å². The highest BCUT2D eigenvalue weighted by Gasteiger charge is 2.34. The maximum absolute atomic E-state index is 12.0. The summed E-state index contributed by atoms with van der Waals surface area (Å²) >= 11 is 5.76. The van der Waals surface area contributed by atoms with Gasteiger partial charge in [-0.05, 0) is 19.8 Å². The van der Waals surface area contributed by atoms with Crippen LogP contribution >= 0.6 is 11.6 Å². The van der Waals surface area contributed by atoms with E-state index < -0.39 is 11.7 Å². The van der Waals surface area contributed by atoms with Crippen LogP contribution in [0.3, 0.4) is 0 Å². The van der Waals surface area contributed by atoms with E-state index in [1.54, 1.807) is 6.92 Å². The molecule has 20 heavy (non-hydrogen) atoms. The zero-order valence-electron chi connectivity index (χ0n) is 11.0. The van der Waals surface area contributed by atoms with Gasteiger partial charge in [-0.1, -0.05) is 11.6 Å². The van der Waals surface area contributed by atoms with Crippen molar-refractivity contribution in [2.45, 2.75) is 31.9 Å². The second-order valence-corrected chi connectivity index (χ2v) is 5.45. The molecule has 0 aromatic carbocycles. The molecule has 0 atom stereocenters. The molecular formula is C12H16ClN3O4. The fraction of sp³-hybridized carbons (Fsp3) is 0.583. The summed E-state index contributed by atoms with van der Waals surface area (Å²) in [7, 11) is 0. The van der Waals surface area contributed by atoms with Crippen molar-refractivity contribution in [1.29, 1.82) is 0 Å². The molecule has 1 aromatic rings. The van der Waals surface area contributed by atoms with Crippen molar-refractivity contribution in [1.82, 2.24) is 14.5 Å². The van der Waals surface area contributed by atoms with Crippen molar-refractivity contribution in [3.8, 4) is 0 Å². The Labute approximate surface area is 120 Å². The smallest absolute Gasteiger partial charge is 0.407 e. The van der Waals surface area contributed by atoms with Gasteiger partial charge in [-0.15, -0.1) is 0 Å². The third-order valence-electron chi connectivity index (χ3n) is 3.63. The van der Waals surface area contributed by atoms with Crippen LogP contribution in [0.4, 0.5) is 4.79 Å². The second kappa shape index (κ2) is 5.41. The van der Waals surface area contributed by atoms with Gasteiger partial charge in [0.05, 0.1) is 24.0 Å². The van der Waals surface area contributed by atoms with Crippen LogP contribution in [0.2, 0.25) is 5.15 Å². The summed E-state index contributed by atoms with van der Waals surface area (Å²) in [5, 5.41) is 19.5. The van der Waals surface area contributed by atoms with Crippen molar-refractivity contribution < 1.29 is 15.0 Å². The number of hydrogen-bond donors (Lipinski definition) is 2. The minimum Gasteiger partial charge on any atom is -0.465 e. The lowest BCUT2D eigenvalue weighted by Gasteiger charge is -2.37. The number of carboxylic acid groups (broad SMARTS) is 1. The number of amides is 1. The maximum atomic E-state index is 12.0. The van der Waals surface area contributed by atoms with E-state index in [0.717, 1.165) is 0 Å². The van der Waals surface area contributed by atoms with Crippen LogP contribution in [0.5, 0.6) is 0 Å². The number of rotatable bonds is 2. The van der Waals surface area contributed by atoms with E-state index in [0.29, 0.717) is 5.56 Å². The van der Waals surface area contributed by atoms with Crippen LogP contribution in [-0.4, -0.2) is 49.4 Å². The van der Waals surface area contributed by atoms with Crippen LogP contribution < -0.4 is 5.56 Å². The molecule has 1 fully saturated rings. The number of carbonyl (C=O) groups is 1. The molecule has 0 saturated carbocycles. The first-order valence-electron chi connectivity index (χ1n) is 6.24. The lowest BCUT2D eigenvalue weighted by Crippen LogP contribution is -2.49. The summed E-state index contributed by atoms with van der Waals surface area (Å²) in [6.45, 7) is 2.16. The third-order valence-corrected chi connectivity index (χ3v) is 4.01. The summed E-state index contributed by atoms with van der Waals surface area (Å²) in [4.78, 5) is 28.0. The molecule has 2 N–H and O–H groups in total. The molecule has 2 heterocycles. The van der Waals surface area contributed by atoms with E-state index in [2.05, 4.69) is 4.98 Å². The molecule has 0 aliphatic carbocycles. The van der Waals surface area contributed by atoms with Crippen LogP contribution in [-0.2, 0) is 6.54 Å². The molecule has 1 saturated heterocycles. The van der Waals surface area contributed by atoms with Crippen LogP contribution in [0.25, 0.3) is 0 Å². The Balaban J connectivity index is 2.13. The zero-order valence-corrected chi connectivity index (χ0v) is 11.8. The number of halogens is 1. The highest BCUT2D eigenvalue weighted by molar-refractivity contribution is 6.30. The number of likely N-dealkylation sites (tertiary alicyclic amines) is 1. The molecule has 0 radical (unpaired) electrons. The third kappa shape index (κ3) is 2.94. The lowest BCUT2D eigenvalue weighted by molar-refractivity contribution is -0.0305. The average molecular weight is 302 g/mol. The predicted molar refractivity (Wildman–Crippen MR) is 72.0 cm³/mol. The van der Waals surface area contributed by atoms with Crippen molar-refractivity contribution >= 4 is 17.7 Å². The molecule has 1 aliphatic heterocycles. The summed E-state index contributed by atoms with van der Waals surface area (Å²) in [6, 6.07) is 0. The number of hydrogen-bond acceptors (Lipinski definition) is 4. The Hall–Kier alpha value is -1.60. The normalized spacial score (nSPS) is 18.1. The van der Waals surface area contributed by atoms with E-state index >= 15 is 0 Å². The van der Waals surface area contributed by atoms with Gasteiger partial charge in [0.15, 0.2) is 0 Å². The largest absolute Gasteiger partial charge is 0.465 e. The highest BCUT2D eigenvalue weighted by atomic mass is 35.5. The van der Waals surface area contributed by atoms with E-state index in [1.807, 2.05) is 0 Å². The molecule has 8 heteroatoms. The number of piperidine rings is 1. The Bertz CT molecular complexity index is 579. The minimum atomic E-state index is -1.10. The first-order valence-corrected chi connectivity index (χ1v) is 6.62. The van der Waals surface area contributed by atoms with Gasteiger partial charge in [-0.25, -0.2) is 9.78 Å². The summed E-state index contributed by atoms with van der Waals surface area (Å²) < 4.78 is 1.32. The Morgan fingerprint density at radius 3 is 2.65 bits per heavy atom. The molecule has 1 aromatic heterocycles. The Kier molecular flexibility index (Phi) is 4.01. The van der Waals surface area contributed by atoms with Crippen LogP contribution in [0.1, 0.15) is 18.4 Å². The summed E-state index contributed by atoms with van der Waals surface area (Å²) in [6.07, 6.45) is 0.883. The van der Waals surface area contributed by atoms with Gasteiger partial charge in [0.2, 0.25) is 0 Å². The standard InChI is InChI=1S/C12H16ClN3O4/c1-8-9(13)14-7-16(10(8)17)6-12(20)2-4-15(5-3-12)11(18)19/h7,20H,2-6H2,1H3,(H,18,19). The van der Waals surface area contributed by atoms with Crippen molar-refractivity contribution in [2.75, 3.05) is 13.1 Å². The van der Waals surface area contributed by atoms with Gasteiger partial charge in [-0.2, -0.15) is 0 Å². The van der Waals surface area contributed by atoms with Crippen molar-refractivity contribution in [3.63, 3.8) is 0 Å². The van der Waals surface area contributed by atoms with Gasteiger partial charge in [-0.3, -0.25) is 9.36 Å².